The molecule has 1 atom stereocenters. The first-order valence-corrected chi connectivity index (χ1v) is 9.80. The van der Waals surface area contributed by atoms with Gasteiger partial charge in [0, 0.05) is 37.5 Å². The van der Waals surface area contributed by atoms with Gasteiger partial charge in [-0.2, -0.15) is 0 Å². The number of amides is 2. The van der Waals surface area contributed by atoms with Crippen LogP contribution >= 0.6 is 0 Å². The highest BCUT2D eigenvalue weighted by atomic mass is 16.5. The van der Waals surface area contributed by atoms with E-state index in [-0.39, 0.29) is 36.2 Å². The molecule has 2 saturated heterocycles. The molecule has 0 bridgehead atoms. The summed E-state index contributed by atoms with van der Waals surface area (Å²) in [6.45, 7) is 5.77. The summed E-state index contributed by atoms with van der Waals surface area (Å²) >= 11 is 0. The summed E-state index contributed by atoms with van der Waals surface area (Å²) in [7, 11) is 0. The van der Waals surface area contributed by atoms with Crippen LogP contribution in [0.4, 0.5) is 0 Å². The quantitative estimate of drug-likeness (QED) is 0.720. The van der Waals surface area contributed by atoms with Crippen molar-refractivity contribution in [3.8, 4) is 5.75 Å². The van der Waals surface area contributed by atoms with Gasteiger partial charge in [0.1, 0.15) is 5.75 Å². The first-order valence-electron chi connectivity index (χ1n) is 9.80. The van der Waals surface area contributed by atoms with Crippen molar-refractivity contribution in [3.63, 3.8) is 0 Å². The first-order chi connectivity index (χ1) is 12.9. The van der Waals surface area contributed by atoms with Crippen molar-refractivity contribution in [1.82, 2.24) is 9.80 Å². The van der Waals surface area contributed by atoms with E-state index in [1.54, 1.807) is 21.9 Å². The monoisotopic (exact) mass is 372 g/mol. The molecule has 6 nitrogen and oxygen atoms in total. The summed E-state index contributed by atoms with van der Waals surface area (Å²) in [4.78, 5) is 40.6. The van der Waals surface area contributed by atoms with Crippen LogP contribution in [0.25, 0.3) is 0 Å². The lowest BCUT2D eigenvalue weighted by Gasteiger charge is -2.33. The summed E-state index contributed by atoms with van der Waals surface area (Å²) in [5, 5.41) is 0. The Balaban J connectivity index is 1.62. The van der Waals surface area contributed by atoms with Crippen molar-refractivity contribution in [2.45, 2.75) is 45.6 Å². The van der Waals surface area contributed by atoms with E-state index in [0.29, 0.717) is 37.4 Å². The predicted octanol–water partition coefficient (Wildman–Crippen LogP) is 2.52. The van der Waals surface area contributed by atoms with Crippen LogP contribution in [-0.2, 0) is 9.59 Å². The van der Waals surface area contributed by atoms with Gasteiger partial charge in [0.05, 0.1) is 12.6 Å². The third-order valence-corrected chi connectivity index (χ3v) is 5.13. The smallest absolute Gasteiger partial charge is 0.242 e. The van der Waals surface area contributed by atoms with E-state index in [1.165, 1.54) is 0 Å². The molecule has 2 fully saturated rings. The molecule has 0 radical (unpaired) electrons. The molecule has 0 N–H and O–H groups in total. The minimum atomic E-state index is -0.203. The number of carbonyl (C=O) groups excluding carboxylic acids is 3. The zero-order valence-electron chi connectivity index (χ0n) is 16.1. The number of rotatable bonds is 6. The number of ketones is 1. The van der Waals surface area contributed by atoms with E-state index in [4.69, 9.17) is 4.74 Å². The lowest BCUT2D eigenvalue weighted by Crippen LogP contribution is -2.46. The van der Waals surface area contributed by atoms with E-state index < -0.39 is 0 Å². The maximum Gasteiger partial charge on any atom is 0.242 e. The molecule has 6 heteroatoms. The van der Waals surface area contributed by atoms with Crippen LogP contribution in [0, 0.1) is 5.92 Å². The molecule has 0 aliphatic carbocycles. The second-order valence-electron chi connectivity index (χ2n) is 7.66. The van der Waals surface area contributed by atoms with Gasteiger partial charge >= 0.3 is 0 Å². The fourth-order valence-electron chi connectivity index (χ4n) is 3.78. The first kappa shape index (κ1) is 19.4. The number of hydrogen-bond acceptors (Lipinski definition) is 4. The molecular formula is C21H28N2O4. The summed E-state index contributed by atoms with van der Waals surface area (Å²) in [5.74, 6) is 0.534. The van der Waals surface area contributed by atoms with Crippen LogP contribution in [0.5, 0.6) is 5.75 Å². The van der Waals surface area contributed by atoms with E-state index in [1.807, 2.05) is 26.0 Å². The van der Waals surface area contributed by atoms with Crippen LogP contribution in [0.3, 0.4) is 0 Å². The van der Waals surface area contributed by atoms with E-state index in [2.05, 4.69) is 0 Å². The Morgan fingerprint density at radius 2 is 2.04 bits per heavy atom. The molecule has 27 heavy (non-hydrogen) atoms. The number of likely N-dealkylation sites (tertiary alicyclic amines) is 2. The Morgan fingerprint density at radius 1 is 1.22 bits per heavy atom. The van der Waals surface area contributed by atoms with E-state index in [0.717, 1.165) is 19.3 Å². The van der Waals surface area contributed by atoms with Crippen molar-refractivity contribution in [2.24, 2.45) is 5.92 Å². The fraction of sp³-hybridized carbons (Fsp3) is 0.571. The number of carbonyl (C=O) groups is 3. The molecule has 2 aliphatic rings. The number of hydrogen-bond donors (Lipinski definition) is 0. The van der Waals surface area contributed by atoms with Crippen LogP contribution in [0.2, 0.25) is 0 Å². The lowest BCUT2D eigenvalue weighted by molar-refractivity contribution is -0.139. The zero-order chi connectivity index (χ0) is 19.4. The normalized spacial score (nSPS) is 20.3. The largest absolute Gasteiger partial charge is 0.491 e. The number of benzene rings is 1. The Kier molecular flexibility index (Phi) is 6.14. The molecule has 1 aromatic carbocycles. The summed E-state index contributed by atoms with van der Waals surface area (Å²) in [5.41, 5.74) is 0.627. The van der Waals surface area contributed by atoms with Crippen molar-refractivity contribution in [2.75, 3.05) is 26.2 Å². The van der Waals surface area contributed by atoms with Crippen LogP contribution in [-0.4, -0.2) is 59.7 Å². The molecule has 0 spiro atoms. The van der Waals surface area contributed by atoms with Crippen LogP contribution in [0.1, 0.15) is 49.9 Å². The molecule has 0 aromatic heterocycles. The third kappa shape index (κ3) is 4.87. The third-order valence-electron chi connectivity index (χ3n) is 5.13. The molecule has 3 rings (SSSR count). The minimum absolute atomic E-state index is 0.0476. The molecule has 1 aromatic rings. The Labute approximate surface area is 160 Å². The van der Waals surface area contributed by atoms with Gasteiger partial charge in [-0.25, -0.2) is 0 Å². The molecular weight excluding hydrogens is 344 g/mol. The summed E-state index contributed by atoms with van der Waals surface area (Å²) in [6, 6.07) is 7.27. The highest BCUT2D eigenvalue weighted by molar-refractivity contribution is 5.98. The van der Waals surface area contributed by atoms with Crippen molar-refractivity contribution in [3.05, 3.63) is 29.8 Å². The molecule has 2 amide bonds. The molecule has 2 aliphatic heterocycles. The maximum absolute atomic E-state index is 12.9. The number of nitrogens with zero attached hydrogens (tertiary/aromatic N) is 2. The van der Waals surface area contributed by atoms with Crippen molar-refractivity contribution >= 4 is 17.6 Å². The second kappa shape index (κ2) is 8.55. The van der Waals surface area contributed by atoms with Gasteiger partial charge < -0.3 is 14.5 Å². The Bertz CT molecular complexity index is 716. The Morgan fingerprint density at radius 3 is 2.74 bits per heavy atom. The molecule has 0 saturated carbocycles. The van der Waals surface area contributed by atoms with Gasteiger partial charge in [-0.1, -0.05) is 12.1 Å². The molecule has 0 unspecified atom stereocenters. The van der Waals surface area contributed by atoms with Gasteiger partial charge in [-0.15, -0.1) is 0 Å². The fourth-order valence-corrected chi connectivity index (χ4v) is 3.78. The van der Waals surface area contributed by atoms with Gasteiger partial charge in [0.25, 0.3) is 0 Å². The van der Waals surface area contributed by atoms with Crippen molar-refractivity contribution < 1.29 is 19.1 Å². The average molecular weight is 372 g/mol. The highest BCUT2D eigenvalue weighted by Crippen LogP contribution is 2.24. The van der Waals surface area contributed by atoms with Crippen LogP contribution in [0.15, 0.2) is 24.3 Å². The zero-order valence-corrected chi connectivity index (χ0v) is 16.1. The average Bonchev–Trinajstić information content (AvgIpc) is 3.05. The molecule has 2 heterocycles. The maximum atomic E-state index is 12.9. The Hall–Kier alpha value is -2.37. The topological polar surface area (TPSA) is 66.9 Å². The van der Waals surface area contributed by atoms with Crippen LogP contribution < -0.4 is 4.74 Å². The lowest BCUT2D eigenvalue weighted by atomic mass is 9.90. The predicted molar refractivity (Wildman–Crippen MR) is 102 cm³/mol. The second-order valence-corrected chi connectivity index (χ2v) is 7.66. The summed E-state index contributed by atoms with van der Waals surface area (Å²) < 4.78 is 5.68. The standard InChI is InChI=1S/C21H28N2O4/c1-15(2)27-18-8-3-6-16(12-18)21(26)17-7-4-10-22(13-17)20(25)14-23-11-5-9-19(23)24/h3,6,8,12,15,17H,4-5,7,9-11,13-14H2,1-2H3/t17-/m0/s1. The number of Topliss-reactive ketones (excluding diaryl/α,β-unsaturated/α-hetero) is 1. The number of piperidine rings is 1. The highest BCUT2D eigenvalue weighted by Gasteiger charge is 2.31. The van der Waals surface area contributed by atoms with Gasteiger partial charge in [-0.05, 0) is 45.2 Å². The SMILES string of the molecule is CC(C)Oc1cccc(C(=O)[C@H]2CCCN(C(=O)CN3CCCC3=O)C2)c1. The minimum Gasteiger partial charge on any atom is -0.491 e. The van der Waals surface area contributed by atoms with Gasteiger partial charge in [-0.3, -0.25) is 14.4 Å². The van der Waals surface area contributed by atoms with Gasteiger partial charge in [0.15, 0.2) is 5.78 Å². The summed E-state index contributed by atoms with van der Waals surface area (Å²) in [6.07, 6.45) is 2.98. The van der Waals surface area contributed by atoms with E-state index in [9.17, 15) is 14.4 Å². The number of ether oxygens (including phenoxy) is 1. The van der Waals surface area contributed by atoms with Gasteiger partial charge in [0.2, 0.25) is 11.8 Å². The van der Waals surface area contributed by atoms with Crippen molar-refractivity contribution in [1.29, 1.82) is 0 Å². The van der Waals surface area contributed by atoms with E-state index >= 15 is 0 Å². The molecule has 146 valence electrons.